The Morgan fingerprint density at radius 2 is 1.94 bits per heavy atom. The van der Waals surface area contributed by atoms with Crippen molar-refractivity contribution in [2.75, 3.05) is 20.3 Å². The molecular weight excluding hydrogens is 232 g/mol. The maximum absolute atomic E-state index is 11.2. The van der Waals surface area contributed by atoms with E-state index in [-0.39, 0.29) is 11.9 Å². The number of benzene rings is 1. The second kappa shape index (κ2) is 7.01. The van der Waals surface area contributed by atoms with Crippen LogP contribution in [0.25, 0.3) is 0 Å². The first kappa shape index (κ1) is 14.5. The maximum Gasteiger partial charge on any atom is 0.161 e. The second-order valence-electron chi connectivity index (χ2n) is 4.19. The van der Waals surface area contributed by atoms with E-state index in [2.05, 4.69) is 0 Å². The highest BCUT2D eigenvalue weighted by molar-refractivity contribution is 5.94. The minimum absolute atomic E-state index is 0.00277. The van der Waals surface area contributed by atoms with Crippen LogP contribution in [0.1, 0.15) is 31.1 Å². The van der Waals surface area contributed by atoms with Gasteiger partial charge in [-0.05, 0) is 39.0 Å². The number of rotatable bonds is 7. The molecule has 4 heteroatoms. The van der Waals surface area contributed by atoms with Gasteiger partial charge in [-0.25, -0.2) is 0 Å². The molecule has 1 aromatic carbocycles. The topological polar surface area (TPSA) is 44.8 Å². The lowest BCUT2D eigenvalue weighted by atomic mass is 10.1. The van der Waals surface area contributed by atoms with E-state index < -0.39 is 0 Å². The van der Waals surface area contributed by atoms with Gasteiger partial charge in [-0.2, -0.15) is 0 Å². The largest absolute Gasteiger partial charge is 0.493 e. The van der Waals surface area contributed by atoms with Crippen LogP contribution in [-0.4, -0.2) is 32.2 Å². The molecule has 100 valence electrons. The Labute approximate surface area is 108 Å². The van der Waals surface area contributed by atoms with E-state index in [1.54, 1.807) is 25.3 Å². The summed E-state index contributed by atoms with van der Waals surface area (Å²) in [6.45, 7) is 6.44. The van der Waals surface area contributed by atoms with E-state index in [1.807, 2.05) is 13.8 Å². The van der Waals surface area contributed by atoms with Crippen molar-refractivity contribution in [2.45, 2.75) is 26.9 Å². The third-order valence-electron chi connectivity index (χ3n) is 2.36. The summed E-state index contributed by atoms with van der Waals surface area (Å²) in [6, 6.07) is 5.15. The molecule has 0 aliphatic heterocycles. The van der Waals surface area contributed by atoms with Crippen LogP contribution in [0.3, 0.4) is 0 Å². The smallest absolute Gasteiger partial charge is 0.161 e. The number of ether oxygens (including phenoxy) is 3. The molecule has 0 amide bonds. The zero-order valence-electron chi connectivity index (χ0n) is 11.4. The lowest BCUT2D eigenvalue weighted by Gasteiger charge is -2.12. The van der Waals surface area contributed by atoms with Crippen LogP contribution in [0.5, 0.6) is 11.5 Å². The van der Waals surface area contributed by atoms with Crippen molar-refractivity contribution in [3.8, 4) is 11.5 Å². The minimum Gasteiger partial charge on any atom is -0.493 e. The Morgan fingerprint density at radius 3 is 2.50 bits per heavy atom. The molecule has 1 aromatic rings. The van der Waals surface area contributed by atoms with Gasteiger partial charge in [0, 0.05) is 5.56 Å². The van der Waals surface area contributed by atoms with Gasteiger partial charge < -0.3 is 14.2 Å². The van der Waals surface area contributed by atoms with Gasteiger partial charge in [0.2, 0.25) is 0 Å². The number of carbonyl (C=O) groups excluding carboxylic acids is 1. The number of ketones is 1. The van der Waals surface area contributed by atoms with Crippen molar-refractivity contribution in [1.82, 2.24) is 0 Å². The van der Waals surface area contributed by atoms with Gasteiger partial charge in [0.05, 0.1) is 19.8 Å². The molecule has 0 bridgehead atoms. The van der Waals surface area contributed by atoms with Crippen molar-refractivity contribution >= 4 is 5.78 Å². The highest BCUT2D eigenvalue weighted by Gasteiger charge is 2.08. The van der Waals surface area contributed by atoms with Gasteiger partial charge in [-0.15, -0.1) is 0 Å². The molecule has 0 saturated heterocycles. The van der Waals surface area contributed by atoms with E-state index in [4.69, 9.17) is 14.2 Å². The Morgan fingerprint density at radius 1 is 1.22 bits per heavy atom. The van der Waals surface area contributed by atoms with Crippen LogP contribution in [0.4, 0.5) is 0 Å². The van der Waals surface area contributed by atoms with Crippen molar-refractivity contribution in [1.29, 1.82) is 0 Å². The molecule has 0 N–H and O–H groups in total. The van der Waals surface area contributed by atoms with Gasteiger partial charge in [-0.1, -0.05) is 0 Å². The lowest BCUT2D eigenvalue weighted by molar-refractivity contribution is 0.0546. The Balaban J connectivity index is 2.62. The Hall–Kier alpha value is -1.55. The SMILES string of the molecule is COc1cc(C(C)=O)ccc1OCCOC(C)C. The van der Waals surface area contributed by atoms with E-state index in [0.717, 1.165) is 0 Å². The molecule has 4 nitrogen and oxygen atoms in total. The molecule has 0 radical (unpaired) electrons. The minimum atomic E-state index is 0.00277. The zero-order chi connectivity index (χ0) is 13.5. The average molecular weight is 252 g/mol. The van der Waals surface area contributed by atoms with Crippen molar-refractivity contribution in [2.24, 2.45) is 0 Å². The van der Waals surface area contributed by atoms with Crippen molar-refractivity contribution in [3.63, 3.8) is 0 Å². The Kier molecular flexibility index (Phi) is 5.65. The summed E-state index contributed by atoms with van der Waals surface area (Å²) < 4.78 is 16.1. The zero-order valence-corrected chi connectivity index (χ0v) is 11.4. The first-order valence-electron chi connectivity index (χ1n) is 5.98. The fourth-order valence-electron chi connectivity index (χ4n) is 1.44. The van der Waals surface area contributed by atoms with Gasteiger partial charge in [0.15, 0.2) is 17.3 Å². The molecule has 0 spiro atoms. The summed E-state index contributed by atoms with van der Waals surface area (Å²) in [5, 5.41) is 0. The molecule has 0 aliphatic rings. The van der Waals surface area contributed by atoms with Crippen LogP contribution in [0, 0.1) is 0 Å². The highest BCUT2D eigenvalue weighted by atomic mass is 16.5. The second-order valence-corrected chi connectivity index (χ2v) is 4.19. The standard InChI is InChI=1S/C14H20O4/c1-10(2)17-7-8-18-13-6-5-12(11(3)15)9-14(13)16-4/h5-6,9-10H,7-8H2,1-4H3. The van der Waals surface area contributed by atoms with Gasteiger partial charge in [0.1, 0.15) is 6.61 Å². The summed E-state index contributed by atoms with van der Waals surface area (Å²) in [6.07, 6.45) is 0.190. The average Bonchev–Trinajstić information content (AvgIpc) is 2.34. The predicted molar refractivity (Wildman–Crippen MR) is 69.6 cm³/mol. The van der Waals surface area contributed by atoms with Crippen LogP contribution < -0.4 is 9.47 Å². The predicted octanol–water partition coefficient (Wildman–Crippen LogP) is 2.70. The molecule has 0 aromatic heterocycles. The molecule has 1 rings (SSSR count). The first-order valence-corrected chi connectivity index (χ1v) is 5.98. The number of carbonyl (C=O) groups is 1. The molecular formula is C14H20O4. The quantitative estimate of drug-likeness (QED) is 0.553. The van der Waals surface area contributed by atoms with Crippen LogP contribution in [-0.2, 0) is 4.74 Å². The molecule has 0 atom stereocenters. The Bertz CT molecular complexity index is 399. The summed E-state index contributed by atoms with van der Waals surface area (Å²) in [5.74, 6) is 1.19. The first-order chi connectivity index (χ1) is 8.54. The fourth-order valence-corrected chi connectivity index (χ4v) is 1.44. The van der Waals surface area contributed by atoms with Gasteiger partial charge >= 0.3 is 0 Å². The molecule has 0 aliphatic carbocycles. The summed E-state index contributed by atoms with van der Waals surface area (Å²) in [5.41, 5.74) is 0.609. The molecule has 18 heavy (non-hydrogen) atoms. The molecule has 0 fully saturated rings. The third kappa shape index (κ3) is 4.37. The molecule has 0 unspecified atom stereocenters. The highest BCUT2D eigenvalue weighted by Crippen LogP contribution is 2.28. The summed E-state index contributed by atoms with van der Waals surface area (Å²) in [4.78, 5) is 11.2. The maximum atomic E-state index is 11.2. The fraction of sp³-hybridized carbons (Fsp3) is 0.500. The summed E-state index contributed by atoms with van der Waals surface area (Å²) in [7, 11) is 1.55. The summed E-state index contributed by atoms with van der Waals surface area (Å²) >= 11 is 0. The van der Waals surface area contributed by atoms with Gasteiger partial charge in [0.25, 0.3) is 0 Å². The van der Waals surface area contributed by atoms with Crippen molar-refractivity contribution < 1.29 is 19.0 Å². The monoisotopic (exact) mass is 252 g/mol. The van der Waals surface area contributed by atoms with Crippen LogP contribution in [0.15, 0.2) is 18.2 Å². The van der Waals surface area contributed by atoms with E-state index >= 15 is 0 Å². The number of methoxy groups -OCH3 is 1. The molecule has 0 heterocycles. The van der Waals surface area contributed by atoms with E-state index in [1.165, 1.54) is 6.92 Å². The number of hydrogen-bond donors (Lipinski definition) is 0. The number of Topliss-reactive ketones (excluding diaryl/α,β-unsaturated/α-hetero) is 1. The van der Waals surface area contributed by atoms with E-state index in [0.29, 0.717) is 30.3 Å². The number of hydrogen-bond acceptors (Lipinski definition) is 4. The van der Waals surface area contributed by atoms with Gasteiger partial charge in [-0.3, -0.25) is 4.79 Å². The molecule has 0 saturated carbocycles. The van der Waals surface area contributed by atoms with Crippen molar-refractivity contribution in [3.05, 3.63) is 23.8 Å². The normalized spacial score (nSPS) is 10.5. The van der Waals surface area contributed by atoms with Crippen LogP contribution >= 0.6 is 0 Å². The van der Waals surface area contributed by atoms with Crippen LogP contribution in [0.2, 0.25) is 0 Å². The third-order valence-corrected chi connectivity index (χ3v) is 2.36. The lowest BCUT2D eigenvalue weighted by Crippen LogP contribution is -2.11. The van der Waals surface area contributed by atoms with E-state index in [9.17, 15) is 4.79 Å².